The van der Waals surface area contributed by atoms with Crippen LogP contribution in [0.4, 0.5) is 4.39 Å². The van der Waals surface area contributed by atoms with E-state index in [2.05, 4.69) is 13.8 Å². The molecule has 5 rings (SSSR count). The number of hydrogen-bond acceptors (Lipinski definition) is 1. The van der Waals surface area contributed by atoms with Crippen molar-refractivity contribution in [3.8, 4) is 0 Å². The van der Waals surface area contributed by atoms with Gasteiger partial charge in [0.1, 0.15) is 6.17 Å². The maximum Gasteiger partial charge on any atom is 0.151 e. The molecule has 0 amide bonds. The SMILES string of the molecule is CCCCC1CCC(C2CC[C@]3(CC2)C(=O)[C@@]2(CCC(C4CCC(CCCC)CC4)CC2)[C@H]3F)CC1. The average molecular weight is 501 g/mol. The fourth-order valence-corrected chi connectivity index (χ4v) is 10.3. The number of hydrogen-bond donors (Lipinski definition) is 0. The molecule has 36 heavy (non-hydrogen) atoms. The van der Waals surface area contributed by atoms with Crippen molar-refractivity contribution in [2.45, 2.75) is 161 Å². The smallest absolute Gasteiger partial charge is 0.151 e. The second kappa shape index (κ2) is 11.8. The van der Waals surface area contributed by atoms with Crippen LogP contribution in [-0.2, 0) is 4.79 Å². The highest BCUT2D eigenvalue weighted by Crippen LogP contribution is 2.66. The van der Waals surface area contributed by atoms with Crippen LogP contribution < -0.4 is 0 Å². The van der Waals surface area contributed by atoms with Crippen LogP contribution in [0.15, 0.2) is 0 Å². The lowest BCUT2D eigenvalue weighted by Crippen LogP contribution is -2.69. The molecule has 5 saturated carbocycles. The van der Waals surface area contributed by atoms with Gasteiger partial charge in [-0.25, -0.2) is 4.39 Å². The van der Waals surface area contributed by atoms with Gasteiger partial charge in [-0.1, -0.05) is 78.1 Å². The maximum absolute atomic E-state index is 16.1. The van der Waals surface area contributed by atoms with Crippen molar-refractivity contribution in [2.75, 3.05) is 0 Å². The maximum atomic E-state index is 16.1. The monoisotopic (exact) mass is 500 g/mol. The normalized spacial score (nSPS) is 45.6. The second-order valence-electron chi connectivity index (χ2n) is 14.5. The van der Waals surface area contributed by atoms with Gasteiger partial charge < -0.3 is 0 Å². The van der Waals surface area contributed by atoms with Gasteiger partial charge in [-0.3, -0.25) is 4.79 Å². The van der Waals surface area contributed by atoms with Crippen LogP contribution in [0, 0.1) is 46.3 Å². The van der Waals surface area contributed by atoms with Gasteiger partial charge in [0.2, 0.25) is 0 Å². The van der Waals surface area contributed by atoms with Gasteiger partial charge in [0.05, 0.1) is 10.8 Å². The summed E-state index contributed by atoms with van der Waals surface area (Å²) in [5.41, 5.74) is -1.14. The number of ketones is 1. The molecule has 2 heteroatoms. The summed E-state index contributed by atoms with van der Waals surface area (Å²) >= 11 is 0. The van der Waals surface area contributed by atoms with Crippen molar-refractivity contribution in [2.24, 2.45) is 46.3 Å². The van der Waals surface area contributed by atoms with Crippen LogP contribution in [0.3, 0.4) is 0 Å². The lowest BCUT2D eigenvalue weighted by Gasteiger charge is -2.62. The first-order valence-corrected chi connectivity index (χ1v) is 16.7. The molecule has 0 aromatic carbocycles. The van der Waals surface area contributed by atoms with E-state index in [4.69, 9.17) is 0 Å². The number of alkyl halides is 1. The Bertz CT molecular complexity index is 639. The molecule has 0 unspecified atom stereocenters. The largest absolute Gasteiger partial charge is 0.298 e. The summed E-state index contributed by atoms with van der Waals surface area (Å²) in [6.45, 7) is 4.61. The van der Waals surface area contributed by atoms with Gasteiger partial charge in [-0.05, 0) is 113 Å². The van der Waals surface area contributed by atoms with E-state index >= 15 is 4.39 Å². The minimum Gasteiger partial charge on any atom is -0.298 e. The van der Waals surface area contributed by atoms with Crippen molar-refractivity contribution in [1.82, 2.24) is 0 Å². The summed E-state index contributed by atoms with van der Waals surface area (Å²) in [4.78, 5) is 13.7. The van der Waals surface area contributed by atoms with Gasteiger partial charge in [-0.15, -0.1) is 0 Å². The molecule has 2 spiro atoms. The number of halogens is 1. The molecule has 0 aliphatic heterocycles. The molecule has 0 saturated heterocycles. The van der Waals surface area contributed by atoms with E-state index in [1.165, 1.54) is 89.9 Å². The van der Waals surface area contributed by atoms with Crippen LogP contribution in [-0.4, -0.2) is 12.0 Å². The number of unbranched alkanes of at least 4 members (excludes halogenated alkanes) is 2. The van der Waals surface area contributed by atoms with E-state index in [1.807, 2.05) is 0 Å². The Morgan fingerprint density at radius 1 is 0.583 bits per heavy atom. The summed E-state index contributed by atoms with van der Waals surface area (Å²) < 4.78 is 16.1. The zero-order valence-corrected chi connectivity index (χ0v) is 23.9. The Hall–Kier alpha value is -0.400. The highest BCUT2D eigenvalue weighted by atomic mass is 19.1. The zero-order chi connectivity index (χ0) is 25.2. The third kappa shape index (κ3) is 5.11. The van der Waals surface area contributed by atoms with Crippen molar-refractivity contribution in [1.29, 1.82) is 0 Å². The topological polar surface area (TPSA) is 17.1 Å². The molecule has 1 nitrogen and oxygen atoms in total. The van der Waals surface area contributed by atoms with Crippen molar-refractivity contribution >= 4 is 5.78 Å². The molecular formula is C34H57FO. The molecule has 0 aromatic rings. The van der Waals surface area contributed by atoms with E-state index in [1.54, 1.807) is 0 Å². The molecule has 0 N–H and O–H groups in total. The lowest BCUT2D eigenvalue weighted by molar-refractivity contribution is -0.194. The zero-order valence-electron chi connectivity index (χ0n) is 23.9. The lowest BCUT2D eigenvalue weighted by atomic mass is 9.41. The third-order valence-corrected chi connectivity index (χ3v) is 12.8. The first-order valence-electron chi connectivity index (χ1n) is 16.7. The molecule has 0 aromatic heterocycles. The van der Waals surface area contributed by atoms with Crippen molar-refractivity contribution in [3.63, 3.8) is 0 Å². The van der Waals surface area contributed by atoms with E-state index < -0.39 is 17.0 Å². The molecule has 5 aliphatic carbocycles. The molecule has 0 bridgehead atoms. The summed E-state index contributed by atoms with van der Waals surface area (Å²) in [7, 11) is 0. The summed E-state index contributed by atoms with van der Waals surface area (Å²) in [5.74, 6) is 5.55. The summed E-state index contributed by atoms with van der Waals surface area (Å²) in [5, 5.41) is 0. The Labute approximate surface area is 222 Å². The highest BCUT2D eigenvalue weighted by molar-refractivity contribution is 5.98. The fraction of sp³-hybridized carbons (Fsp3) is 0.971. The number of carbonyl (C=O) groups is 1. The fourth-order valence-electron chi connectivity index (χ4n) is 10.3. The van der Waals surface area contributed by atoms with Crippen LogP contribution in [0.5, 0.6) is 0 Å². The van der Waals surface area contributed by atoms with E-state index in [-0.39, 0.29) is 0 Å². The Morgan fingerprint density at radius 3 is 1.22 bits per heavy atom. The third-order valence-electron chi connectivity index (χ3n) is 12.8. The number of carbonyl (C=O) groups excluding carboxylic acids is 1. The molecule has 0 atom stereocenters. The van der Waals surface area contributed by atoms with E-state index in [0.717, 1.165) is 86.9 Å². The highest BCUT2D eigenvalue weighted by Gasteiger charge is 2.71. The van der Waals surface area contributed by atoms with Crippen molar-refractivity contribution in [3.05, 3.63) is 0 Å². The Morgan fingerprint density at radius 2 is 0.917 bits per heavy atom. The standard InChI is InChI=1S/C34H57FO/c1-3-5-7-25-9-13-27(14-10-25)29-17-21-33(22-18-29)31(35)34(32(33)36)23-19-30(20-24-34)28-15-11-26(12-16-28)8-6-4-2/h25-31H,3-24H2,1-2H3/t25?,26?,27?,28?,29?,30?,31?,33-,34-. The molecule has 0 radical (unpaired) electrons. The van der Waals surface area contributed by atoms with Crippen molar-refractivity contribution < 1.29 is 9.18 Å². The van der Waals surface area contributed by atoms with Gasteiger partial charge in [0.15, 0.2) is 5.78 Å². The predicted molar refractivity (Wildman–Crippen MR) is 149 cm³/mol. The quantitative estimate of drug-likeness (QED) is 0.324. The van der Waals surface area contributed by atoms with Gasteiger partial charge in [0.25, 0.3) is 0 Å². The first-order chi connectivity index (χ1) is 17.5. The molecule has 206 valence electrons. The second-order valence-corrected chi connectivity index (χ2v) is 14.5. The van der Waals surface area contributed by atoms with E-state index in [0.29, 0.717) is 5.78 Å². The molecule has 5 fully saturated rings. The van der Waals surface area contributed by atoms with Crippen LogP contribution in [0.2, 0.25) is 0 Å². The predicted octanol–water partition coefficient (Wildman–Crippen LogP) is 10.3. The van der Waals surface area contributed by atoms with Gasteiger partial charge >= 0.3 is 0 Å². The van der Waals surface area contributed by atoms with Gasteiger partial charge in [-0.2, -0.15) is 0 Å². The van der Waals surface area contributed by atoms with Crippen LogP contribution >= 0.6 is 0 Å². The summed E-state index contributed by atoms with van der Waals surface area (Å²) in [6.07, 6.45) is 26.6. The Balaban J connectivity index is 1.07. The Kier molecular flexibility index (Phi) is 8.89. The van der Waals surface area contributed by atoms with Gasteiger partial charge in [0, 0.05) is 0 Å². The van der Waals surface area contributed by atoms with E-state index in [9.17, 15) is 4.79 Å². The van der Waals surface area contributed by atoms with Crippen LogP contribution in [0.1, 0.15) is 155 Å². The number of rotatable bonds is 8. The number of Topliss-reactive ketones (excluding diaryl/α,β-unsaturated/α-hetero) is 1. The minimum atomic E-state index is -0.839. The molecule has 5 aliphatic rings. The summed E-state index contributed by atoms with van der Waals surface area (Å²) in [6, 6.07) is 0. The average Bonchev–Trinajstić information content (AvgIpc) is 2.95. The molecule has 0 heterocycles. The minimum absolute atomic E-state index is 0.381. The molecular weight excluding hydrogens is 443 g/mol. The first kappa shape index (κ1) is 27.2. The van der Waals surface area contributed by atoms with Crippen LogP contribution in [0.25, 0.3) is 0 Å².